The van der Waals surface area contributed by atoms with Crippen LogP contribution in [0, 0.1) is 5.82 Å². The Morgan fingerprint density at radius 2 is 1.72 bits per heavy atom. The molecule has 1 heterocycles. The number of halogens is 1. The van der Waals surface area contributed by atoms with Gasteiger partial charge in [-0.2, -0.15) is 0 Å². The summed E-state index contributed by atoms with van der Waals surface area (Å²) < 4.78 is 19.4. The van der Waals surface area contributed by atoms with E-state index in [1.807, 2.05) is 30.3 Å². The summed E-state index contributed by atoms with van der Waals surface area (Å²) in [6.45, 7) is 3.95. The van der Waals surface area contributed by atoms with Gasteiger partial charge in [-0.25, -0.2) is 4.39 Å². The molecule has 0 spiro atoms. The Balaban J connectivity index is 1.67. The van der Waals surface area contributed by atoms with Crippen LogP contribution < -0.4 is 9.64 Å². The molecule has 0 atom stereocenters. The number of carbonyl (C=O) groups excluding carboxylic acids is 1. The average Bonchev–Trinajstić information content (AvgIpc) is 2.83. The van der Waals surface area contributed by atoms with E-state index in [-0.39, 0.29) is 11.3 Å². The van der Waals surface area contributed by atoms with Crippen LogP contribution in [0.25, 0.3) is 17.2 Å². The molecule has 0 aliphatic carbocycles. The Hall–Kier alpha value is -3.44. The molecule has 32 heavy (non-hydrogen) atoms. The maximum atomic E-state index is 14.4. The summed E-state index contributed by atoms with van der Waals surface area (Å²) in [5.74, 6) is -0.586. The summed E-state index contributed by atoms with van der Waals surface area (Å²) in [4.78, 5) is 17.4. The van der Waals surface area contributed by atoms with Gasteiger partial charge in [0.1, 0.15) is 11.6 Å². The highest BCUT2D eigenvalue weighted by Gasteiger charge is 2.16. The van der Waals surface area contributed by atoms with Crippen LogP contribution in [0.2, 0.25) is 0 Å². The van der Waals surface area contributed by atoms with Gasteiger partial charge in [0.25, 0.3) is 0 Å². The molecule has 5 heteroatoms. The van der Waals surface area contributed by atoms with Crippen LogP contribution in [0.5, 0.6) is 5.75 Å². The Kier molecular flexibility index (Phi) is 6.66. The number of carbonyl (C=O) groups is 1. The Morgan fingerprint density at radius 1 is 0.969 bits per heavy atom. The lowest BCUT2D eigenvalue weighted by atomic mass is 9.97. The van der Waals surface area contributed by atoms with E-state index in [0.717, 1.165) is 48.6 Å². The summed E-state index contributed by atoms with van der Waals surface area (Å²) in [5.41, 5.74) is 4.18. The summed E-state index contributed by atoms with van der Waals surface area (Å²) in [6, 6.07) is 20.7. The number of benzene rings is 3. The van der Waals surface area contributed by atoms with Gasteiger partial charge in [-0.15, -0.1) is 0 Å². The van der Waals surface area contributed by atoms with E-state index in [2.05, 4.69) is 35.0 Å². The number of nitrogens with zero attached hydrogens (tertiary/aromatic N) is 2. The van der Waals surface area contributed by atoms with E-state index in [9.17, 15) is 9.18 Å². The predicted octanol–water partition coefficient (Wildman–Crippen LogP) is 5.15. The predicted molar refractivity (Wildman–Crippen MR) is 128 cm³/mol. The van der Waals surface area contributed by atoms with Crippen LogP contribution in [0.1, 0.15) is 15.9 Å². The zero-order chi connectivity index (χ0) is 22.5. The van der Waals surface area contributed by atoms with Gasteiger partial charge in [0.2, 0.25) is 0 Å². The first-order valence-corrected chi connectivity index (χ1v) is 10.7. The van der Waals surface area contributed by atoms with Gasteiger partial charge in [-0.3, -0.25) is 4.79 Å². The minimum absolute atomic E-state index is 0.0264. The number of methoxy groups -OCH3 is 1. The van der Waals surface area contributed by atoms with Gasteiger partial charge in [0.15, 0.2) is 5.78 Å². The first-order chi connectivity index (χ1) is 15.5. The minimum atomic E-state index is -0.589. The second-order valence-corrected chi connectivity index (χ2v) is 7.97. The SMILES string of the molecule is COc1ccc(C(=O)/C=C/c2cc(N3CCN(C)CC3)ccc2-c2ccccc2)c(F)c1. The van der Waals surface area contributed by atoms with Crippen molar-refractivity contribution in [3.8, 4) is 16.9 Å². The molecule has 3 aromatic carbocycles. The van der Waals surface area contributed by atoms with Gasteiger partial charge in [0, 0.05) is 37.9 Å². The first-order valence-electron chi connectivity index (χ1n) is 10.7. The third kappa shape index (κ3) is 4.89. The van der Waals surface area contributed by atoms with E-state index in [4.69, 9.17) is 4.74 Å². The third-order valence-electron chi connectivity index (χ3n) is 5.84. The number of ether oxygens (including phenoxy) is 1. The highest BCUT2D eigenvalue weighted by Crippen LogP contribution is 2.30. The normalized spacial score (nSPS) is 14.7. The van der Waals surface area contributed by atoms with Crippen molar-refractivity contribution in [3.05, 3.63) is 89.8 Å². The lowest BCUT2D eigenvalue weighted by Gasteiger charge is -2.34. The molecule has 0 unspecified atom stereocenters. The van der Waals surface area contributed by atoms with Crippen LogP contribution in [-0.2, 0) is 0 Å². The number of ketones is 1. The van der Waals surface area contributed by atoms with Crippen LogP contribution in [0.15, 0.2) is 72.8 Å². The Bertz CT molecular complexity index is 1120. The zero-order valence-electron chi connectivity index (χ0n) is 18.4. The summed E-state index contributed by atoms with van der Waals surface area (Å²) >= 11 is 0. The number of hydrogen-bond donors (Lipinski definition) is 0. The largest absolute Gasteiger partial charge is 0.497 e. The Morgan fingerprint density at radius 3 is 2.41 bits per heavy atom. The molecule has 0 N–H and O–H groups in total. The van der Waals surface area contributed by atoms with Gasteiger partial charge < -0.3 is 14.5 Å². The van der Waals surface area contributed by atoms with E-state index in [1.54, 1.807) is 12.1 Å². The van der Waals surface area contributed by atoms with E-state index >= 15 is 0 Å². The van der Waals surface area contributed by atoms with Crippen LogP contribution in [-0.4, -0.2) is 51.0 Å². The molecule has 0 amide bonds. The van der Waals surface area contributed by atoms with Gasteiger partial charge in [-0.05, 0) is 54.1 Å². The molecule has 3 aromatic rings. The summed E-state index contributed by atoms with van der Waals surface area (Å²) in [7, 11) is 3.60. The maximum Gasteiger partial charge on any atom is 0.188 e. The lowest BCUT2D eigenvalue weighted by Crippen LogP contribution is -2.44. The fourth-order valence-corrected chi connectivity index (χ4v) is 3.91. The monoisotopic (exact) mass is 430 g/mol. The fraction of sp³-hybridized carbons (Fsp3) is 0.222. The van der Waals surface area contributed by atoms with Crippen molar-refractivity contribution in [1.29, 1.82) is 0 Å². The molecule has 0 bridgehead atoms. The summed E-state index contributed by atoms with van der Waals surface area (Å²) in [6.07, 6.45) is 3.23. The molecule has 4 rings (SSSR count). The van der Waals surface area contributed by atoms with Crippen LogP contribution in [0.3, 0.4) is 0 Å². The minimum Gasteiger partial charge on any atom is -0.497 e. The molecule has 4 nitrogen and oxygen atoms in total. The van der Waals surface area contributed by atoms with Crippen molar-refractivity contribution in [2.45, 2.75) is 0 Å². The number of likely N-dealkylation sites (N-methyl/N-ethyl adjacent to an activating group) is 1. The lowest BCUT2D eigenvalue weighted by molar-refractivity contribution is 0.104. The molecular weight excluding hydrogens is 403 g/mol. The molecule has 1 fully saturated rings. The summed E-state index contributed by atoms with van der Waals surface area (Å²) in [5, 5.41) is 0. The van der Waals surface area contributed by atoms with Crippen molar-refractivity contribution >= 4 is 17.5 Å². The molecule has 0 aromatic heterocycles. The van der Waals surface area contributed by atoms with Crippen molar-refractivity contribution < 1.29 is 13.9 Å². The van der Waals surface area contributed by atoms with Gasteiger partial charge in [-0.1, -0.05) is 42.5 Å². The highest BCUT2D eigenvalue weighted by molar-refractivity contribution is 6.07. The van der Waals surface area contributed by atoms with Crippen LogP contribution >= 0.6 is 0 Å². The van der Waals surface area contributed by atoms with Crippen molar-refractivity contribution in [1.82, 2.24) is 4.90 Å². The second-order valence-electron chi connectivity index (χ2n) is 7.97. The third-order valence-corrected chi connectivity index (χ3v) is 5.84. The number of allylic oxidation sites excluding steroid dienone is 1. The Labute approximate surface area is 188 Å². The molecule has 1 aliphatic heterocycles. The molecule has 164 valence electrons. The van der Waals surface area contributed by atoms with Crippen molar-refractivity contribution in [3.63, 3.8) is 0 Å². The van der Waals surface area contributed by atoms with E-state index < -0.39 is 5.82 Å². The molecule has 1 aliphatic rings. The van der Waals surface area contributed by atoms with E-state index in [0.29, 0.717) is 5.75 Å². The standard InChI is InChI=1S/C27H27FN2O2/c1-29-14-16-30(17-15-29)22-9-11-24(20-6-4-3-5-7-20)21(18-22)8-13-27(31)25-12-10-23(32-2)19-26(25)28/h3-13,18-19H,14-17H2,1-2H3/b13-8+. The maximum absolute atomic E-state index is 14.4. The molecule has 1 saturated heterocycles. The highest BCUT2D eigenvalue weighted by atomic mass is 19.1. The molecule has 0 radical (unpaired) electrons. The molecular formula is C27H27FN2O2. The number of anilines is 1. The van der Waals surface area contributed by atoms with E-state index in [1.165, 1.54) is 25.3 Å². The smallest absolute Gasteiger partial charge is 0.188 e. The zero-order valence-corrected chi connectivity index (χ0v) is 18.4. The average molecular weight is 431 g/mol. The fourth-order valence-electron chi connectivity index (χ4n) is 3.91. The van der Waals surface area contributed by atoms with Gasteiger partial charge >= 0.3 is 0 Å². The quantitative estimate of drug-likeness (QED) is 0.400. The number of hydrogen-bond acceptors (Lipinski definition) is 4. The number of piperazine rings is 1. The molecule has 0 saturated carbocycles. The second kappa shape index (κ2) is 9.79. The topological polar surface area (TPSA) is 32.8 Å². The van der Waals surface area contributed by atoms with Crippen LogP contribution in [0.4, 0.5) is 10.1 Å². The first kappa shape index (κ1) is 21.8. The van der Waals surface area contributed by atoms with Gasteiger partial charge in [0.05, 0.1) is 12.7 Å². The van der Waals surface area contributed by atoms with Crippen molar-refractivity contribution in [2.75, 3.05) is 45.2 Å². The van der Waals surface area contributed by atoms with Crippen molar-refractivity contribution in [2.24, 2.45) is 0 Å². The number of rotatable bonds is 6.